The number of hydrogen-bond acceptors (Lipinski definition) is 6. The first-order valence-corrected chi connectivity index (χ1v) is 11.8. The van der Waals surface area contributed by atoms with Crippen LogP contribution in [0.1, 0.15) is 41.5 Å². The van der Waals surface area contributed by atoms with E-state index in [0.717, 1.165) is 0 Å². The molecule has 1 saturated heterocycles. The molecular weight excluding hydrogens is 498 g/mol. The summed E-state index contributed by atoms with van der Waals surface area (Å²) in [6.45, 7) is 9.32. The van der Waals surface area contributed by atoms with Crippen molar-refractivity contribution in [2.24, 2.45) is 21.7 Å². The van der Waals surface area contributed by atoms with Gasteiger partial charge in [-0.25, -0.2) is 0 Å². The normalized spacial score (nSPS) is 29.7. The molecular formula is C24H42F6O6. The second-order valence-corrected chi connectivity index (χ2v) is 12.1. The van der Waals surface area contributed by atoms with Gasteiger partial charge < -0.3 is 28.4 Å². The van der Waals surface area contributed by atoms with Gasteiger partial charge in [-0.05, 0) is 0 Å². The van der Waals surface area contributed by atoms with Crippen LogP contribution in [0.25, 0.3) is 0 Å². The van der Waals surface area contributed by atoms with Gasteiger partial charge in [-0.15, -0.1) is 0 Å². The molecule has 1 rings (SSSR count). The van der Waals surface area contributed by atoms with Gasteiger partial charge >= 0.3 is 12.4 Å². The fraction of sp³-hybridized carbons (Fsp3) is 1.00. The van der Waals surface area contributed by atoms with E-state index in [1.807, 2.05) is 27.7 Å². The first-order valence-electron chi connectivity index (χ1n) is 11.8. The molecule has 1 fully saturated rings. The molecule has 1 heterocycles. The SMILES string of the molecule is CC1(C)COCC(C)(COCC(F)(F)F)COCC(C)(C)COCC(C)(COCC(F)(F)F)COC1. The molecule has 0 bridgehead atoms. The number of alkyl halides is 6. The Morgan fingerprint density at radius 1 is 0.500 bits per heavy atom. The Morgan fingerprint density at radius 2 is 0.750 bits per heavy atom. The zero-order chi connectivity index (χ0) is 27.7. The Hall–Kier alpha value is -0.660. The molecule has 0 atom stereocenters. The summed E-state index contributed by atoms with van der Waals surface area (Å²) in [5.41, 5.74) is -2.57. The van der Waals surface area contributed by atoms with Gasteiger partial charge in [0.1, 0.15) is 13.2 Å². The molecule has 0 aliphatic carbocycles. The monoisotopic (exact) mass is 540 g/mol. The van der Waals surface area contributed by atoms with E-state index in [2.05, 4.69) is 0 Å². The van der Waals surface area contributed by atoms with E-state index in [1.165, 1.54) is 0 Å². The fourth-order valence-corrected chi connectivity index (χ4v) is 3.45. The first kappa shape index (κ1) is 33.4. The maximum atomic E-state index is 12.6. The van der Waals surface area contributed by atoms with E-state index < -0.39 is 47.2 Å². The van der Waals surface area contributed by atoms with Crippen molar-refractivity contribution in [2.75, 3.05) is 79.3 Å². The molecule has 0 N–H and O–H groups in total. The van der Waals surface area contributed by atoms with Crippen LogP contribution < -0.4 is 0 Å². The molecule has 0 aromatic rings. The lowest BCUT2D eigenvalue weighted by Crippen LogP contribution is -2.41. The van der Waals surface area contributed by atoms with E-state index in [0.29, 0.717) is 0 Å². The molecule has 0 aromatic heterocycles. The van der Waals surface area contributed by atoms with Crippen molar-refractivity contribution in [1.29, 1.82) is 0 Å². The summed E-state index contributed by atoms with van der Waals surface area (Å²) >= 11 is 0. The third-order valence-electron chi connectivity index (χ3n) is 5.21. The standard InChI is InChI=1S/C24H42F6O6/c1-19(2)7-31-11-21(5,15-35-17-23(25,26)27)13-33-9-20(3,4)10-34-14-22(6,12-32-8-19)16-36-18-24(28,29)30/h7-18H2,1-6H3. The minimum Gasteiger partial charge on any atom is -0.380 e. The van der Waals surface area contributed by atoms with Crippen LogP contribution in [0.2, 0.25) is 0 Å². The van der Waals surface area contributed by atoms with Gasteiger partial charge in [-0.1, -0.05) is 41.5 Å². The van der Waals surface area contributed by atoms with Crippen LogP contribution in [0.4, 0.5) is 26.3 Å². The Labute approximate surface area is 210 Å². The van der Waals surface area contributed by atoms with Crippen LogP contribution in [0.15, 0.2) is 0 Å². The minimum absolute atomic E-state index is 0.105. The summed E-state index contributed by atoms with van der Waals surface area (Å²) in [5.74, 6) is 0. The number of rotatable bonds is 6. The highest BCUT2D eigenvalue weighted by atomic mass is 19.4. The average molecular weight is 541 g/mol. The minimum atomic E-state index is -4.43. The Bertz CT molecular complexity index is 558. The van der Waals surface area contributed by atoms with Crippen molar-refractivity contribution in [3.05, 3.63) is 0 Å². The second kappa shape index (κ2) is 13.4. The van der Waals surface area contributed by atoms with Crippen LogP contribution in [-0.4, -0.2) is 91.6 Å². The van der Waals surface area contributed by atoms with Gasteiger partial charge in [0.15, 0.2) is 0 Å². The lowest BCUT2D eigenvalue weighted by molar-refractivity contribution is -0.189. The summed E-state index contributed by atoms with van der Waals surface area (Å²) in [6, 6.07) is 0. The van der Waals surface area contributed by atoms with Crippen LogP contribution in [-0.2, 0) is 28.4 Å². The van der Waals surface area contributed by atoms with Gasteiger partial charge in [-0.3, -0.25) is 0 Å². The van der Waals surface area contributed by atoms with Crippen molar-refractivity contribution in [3.8, 4) is 0 Å². The molecule has 1 aliphatic heterocycles. The maximum Gasteiger partial charge on any atom is 0.411 e. The molecule has 12 heteroatoms. The van der Waals surface area contributed by atoms with Gasteiger partial charge in [0.2, 0.25) is 0 Å². The smallest absolute Gasteiger partial charge is 0.380 e. The lowest BCUT2D eigenvalue weighted by atomic mass is 9.91. The summed E-state index contributed by atoms with van der Waals surface area (Å²) < 4.78 is 109. The molecule has 6 nitrogen and oxygen atoms in total. The number of hydrogen-bond donors (Lipinski definition) is 0. The highest BCUT2D eigenvalue weighted by Crippen LogP contribution is 2.28. The molecule has 0 radical (unpaired) electrons. The predicted octanol–water partition coefficient (Wildman–Crippen LogP) is 5.29. The van der Waals surface area contributed by atoms with Gasteiger partial charge in [0.25, 0.3) is 0 Å². The largest absolute Gasteiger partial charge is 0.411 e. The summed E-state index contributed by atoms with van der Waals surface area (Å²) in [7, 11) is 0. The van der Waals surface area contributed by atoms with Crippen LogP contribution in [0, 0.1) is 21.7 Å². The van der Waals surface area contributed by atoms with Crippen molar-refractivity contribution in [1.82, 2.24) is 0 Å². The highest BCUT2D eigenvalue weighted by Gasteiger charge is 2.35. The number of ether oxygens (including phenoxy) is 6. The molecule has 0 aromatic carbocycles. The molecule has 1 aliphatic rings. The van der Waals surface area contributed by atoms with Gasteiger partial charge in [-0.2, -0.15) is 26.3 Å². The van der Waals surface area contributed by atoms with E-state index in [4.69, 9.17) is 28.4 Å². The average Bonchev–Trinajstić information content (AvgIpc) is 2.64. The Balaban J connectivity index is 2.87. The predicted molar refractivity (Wildman–Crippen MR) is 121 cm³/mol. The Morgan fingerprint density at radius 3 is 0.972 bits per heavy atom. The van der Waals surface area contributed by atoms with Crippen LogP contribution in [0.3, 0.4) is 0 Å². The van der Waals surface area contributed by atoms with Crippen LogP contribution in [0.5, 0.6) is 0 Å². The zero-order valence-electron chi connectivity index (χ0n) is 22.2. The Kier molecular flexibility index (Phi) is 12.4. The van der Waals surface area contributed by atoms with Crippen molar-refractivity contribution in [3.63, 3.8) is 0 Å². The molecule has 36 heavy (non-hydrogen) atoms. The molecule has 0 amide bonds. The maximum absolute atomic E-state index is 12.6. The topological polar surface area (TPSA) is 55.4 Å². The summed E-state index contributed by atoms with van der Waals surface area (Å²) in [5, 5.41) is 0. The van der Waals surface area contributed by atoms with E-state index in [1.54, 1.807) is 13.8 Å². The summed E-state index contributed by atoms with van der Waals surface area (Å²) in [6.07, 6.45) is -8.86. The van der Waals surface area contributed by atoms with Gasteiger partial charge in [0.05, 0.1) is 66.1 Å². The lowest BCUT2D eigenvalue weighted by Gasteiger charge is -2.35. The third-order valence-corrected chi connectivity index (χ3v) is 5.21. The number of halogens is 6. The molecule has 0 saturated carbocycles. The quantitative estimate of drug-likeness (QED) is 0.427. The molecule has 0 unspecified atom stereocenters. The molecule has 0 spiro atoms. The van der Waals surface area contributed by atoms with Crippen molar-refractivity contribution in [2.45, 2.75) is 53.9 Å². The first-order chi connectivity index (χ1) is 16.2. The summed E-state index contributed by atoms with van der Waals surface area (Å²) in [4.78, 5) is 0. The van der Waals surface area contributed by atoms with E-state index in [-0.39, 0.29) is 66.1 Å². The fourth-order valence-electron chi connectivity index (χ4n) is 3.45. The van der Waals surface area contributed by atoms with Gasteiger partial charge in [0, 0.05) is 21.7 Å². The van der Waals surface area contributed by atoms with Crippen molar-refractivity contribution >= 4 is 0 Å². The third kappa shape index (κ3) is 15.6. The molecule has 216 valence electrons. The van der Waals surface area contributed by atoms with E-state index >= 15 is 0 Å². The van der Waals surface area contributed by atoms with Crippen molar-refractivity contribution < 1.29 is 54.8 Å². The second-order valence-electron chi connectivity index (χ2n) is 12.1. The van der Waals surface area contributed by atoms with E-state index in [9.17, 15) is 26.3 Å². The van der Waals surface area contributed by atoms with Crippen LogP contribution >= 0.6 is 0 Å². The highest BCUT2D eigenvalue weighted by molar-refractivity contribution is 4.79. The zero-order valence-corrected chi connectivity index (χ0v) is 22.2.